The van der Waals surface area contributed by atoms with Gasteiger partial charge in [-0.1, -0.05) is 0 Å². The lowest BCUT2D eigenvalue weighted by atomic mass is 10.2. The van der Waals surface area contributed by atoms with Crippen molar-refractivity contribution in [3.63, 3.8) is 0 Å². The Hall–Kier alpha value is -1.45. The highest BCUT2D eigenvalue weighted by Crippen LogP contribution is 2.15. The third-order valence-corrected chi connectivity index (χ3v) is 4.11. The fraction of sp³-hybridized carbons (Fsp3) is 0.364. The molecule has 0 aliphatic heterocycles. The van der Waals surface area contributed by atoms with Crippen LogP contribution in [0.4, 0.5) is 4.39 Å². The number of halogens is 1. The predicted octanol–water partition coefficient (Wildman–Crippen LogP) is 1.61. The van der Waals surface area contributed by atoms with E-state index in [0.29, 0.717) is 0 Å². The molecule has 0 saturated carbocycles. The molecule has 0 fully saturated rings. The van der Waals surface area contributed by atoms with Gasteiger partial charge in [-0.05, 0) is 31.2 Å². The molecular formula is C11H13FN2O2S. The largest absolute Gasteiger partial charge is 0.242 e. The second-order valence-corrected chi connectivity index (χ2v) is 5.81. The zero-order valence-corrected chi connectivity index (χ0v) is 10.4. The molecule has 0 heterocycles. The third-order valence-electron chi connectivity index (χ3n) is 2.27. The molecule has 0 aliphatic carbocycles. The highest BCUT2D eigenvalue weighted by atomic mass is 32.2. The van der Waals surface area contributed by atoms with Gasteiger partial charge in [0.25, 0.3) is 0 Å². The average molecular weight is 256 g/mol. The summed E-state index contributed by atoms with van der Waals surface area (Å²) in [6, 6.07) is 6.56. The van der Waals surface area contributed by atoms with E-state index in [1.807, 2.05) is 6.07 Å². The second-order valence-electron chi connectivity index (χ2n) is 3.77. The minimum Gasteiger partial charge on any atom is -0.207 e. The maximum Gasteiger partial charge on any atom is 0.242 e. The minimum absolute atomic E-state index is 0.0199. The van der Waals surface area contributed by atoms with E-state index >= 15 is 0 Å². The van der Waals surface area contributed by atoms with Crippen LogP contribution in [0.1, 0.15) is 6.92 Å². The molecule has 6 heteroatoms. The summed E-state index contributed by atoms with van der Waals surface area (Å²) in [5.41, 5.74) is 0. The van der Waals surface area contributed by atoms with Gasteiger partial charge in [0.05, 0.1) is 16.9 Å². The van der Waals surface area contributed by atoms with Gasteiger partial charge in [-0.2, -0.15) is 9.57 Å². The highest BCUT2D eigenvalue weighted by molar-refractivity contribution is 7.89. The number of hydrogen-bond acceptors (Lipinski definition) is 3. The van der Waals surface area contributed by atoms with Crippen LogP contribution in [0.25, 0.3) is 0 Å². The summed E-state index contributed by atoms with van der Waals surface area (Å²) >= 11 is 0. The third kappa shape index (κ3) is 3.25. The molecule has 0 bridgehead atoms. The number of rotatable bonds is 4. The van der Waals surface area contributed by atoms with E-state index in [4.69, 9.17) is 5.26 Å². The highest BCUT2D eigenvalue weighted by Gasteiger charge is 2.22. The van der Waals surface area contributed by atoms with Gasteiger partial charge in [-0.3, -0.25) is 0 Å². The van der Waals surface area contributed by atoms with Crippen molar-refractivity contribution < 1.29 is 12.8 Å². The van der Waals surface area contributed by atoms with E-state index in [1.54, 1.807) is 6.92 Å². The molecule has 4 nitrogen and oxygen atoms in total. The van der Waals surface area contributed by atoms with Crippen LogP contribution in [-0.4, -0.2) is 26.3 Å². The zero-order valence-electron chi connectivity index (χ0n) is 9.59. The standard InChI is InChI=1S/C11H13FN2O2S/c1-9(7-13)8-14(2)17(15,16)11-5-3-10(12)4-6-11/h3-6,9H,8H2,1-2H3/t9-/m0/s1. The number of benzene rings is 1. The lowest BCUT2D eigenvalue weighted by Crippen LogP contribution is -2.30. The van der Waals surface area contributed by atoms with E-state index in [2.05, 4.69) is 0 Å². The lowest BCUT2D eigenvalue weighted by molar-refractivity contribution is 0.439. The van der Waals surface area contributed by atoms with Crippen LogP contribution >= 0.6 is 0 Å². The van der Waals surface area contributed by atoms with Crippen molar-refractivity contribution in [3.8, 4) is 6.07 Å². The molecule has 1 aromatic rings. The van der Waals surface area contributed by atoms with E-state index < -0.39 is 21.8 Å². The molecule has 1 rings (SSSR count). The van der Waals surface area contributed by atoms with Gasteiger partial charge in [-0.25, -0.2) is 12.8 Å². The normalized spacial score (nSPS) is 13.4. The molecule has 1 aromatic carbocycles. The predicted molar refractivity (Wildman–Crippen MR) is 61.0 cm³/mol. The van der Waals surface area contributed by atoms with Crippen LogP contribution in [0.3, 0.4) is 0 Å². The molecule has 0 aromatic heterocycles. The summed E-state index contributed by atoms with van der Waals surface area (Å²) < 4.78 is 37.8. The van der Waals surface area contributed by atoms with E-state index in [9.17, 15) is 12.8 Å². The number of sulfonamides is 1. The molecule has 17 heavy (non-hydrogen) atoms. The van der Waals surface area contributed by atoms with E-state index in [-0.39, 0.29) is 11.4 Å². The topological polar surface area (TPSA) is 61.2 Å². The number of nitriles is 1. The van der Waals surface area contributed by atoms with Crippen molar-refractivity contribution in [3.05, 3.63) is 30.1 Å². The Bertz CT molecular complexity index is 519. The van der Waals surface area contributed by atoms with Crippen molar-refractivity contribution >= 4 is 10.0 Å². The second kappa shape index (κ2) is 5.25. The maximum atomic E-state index is 12.7. The Morgan fingerprint density at radius 1 is 1.41 bits per heavy atom. The molecule has 0 spiro atoms. The van der Waals surface area contributed by atoms with Crippen molar-refractivity contribution in [2.75, 3.05) is 13.6 Å². The SMILES string of the molecule is C[C@@H](C#N)CN(C)S(=O)(=O)c1ccc(F)cc1. The first-order valence-electron chi connectivity index (χ1n) is 4.99. The molecule has 92 valence electrons. The lowest BCUT2D eigenvalue weighted by Gasteiger charge is -2.18. The Balaban J connectivity index is 2.96. The van der Waals surface area contributed by atoms with Crippen molar-refractivity contribution in [1.82, 2.24) is 4.31 Å². The summed E-state index contributed by atoms with van der Waals surface area (Å²) in [5.74, 6) is -0.882. The molecule has 0 saturated heterocycles. The maximum absolute atomic E-state index is 12.7. The Kier molecular flexibility index (Phi) is 4.21. The summed E-state index contributed by atoms with van der Waals surface area (Å²) in [6.45, 7) is 1.74. The van der Waals surface area contributed by atoms with Crippen LogP contribution in [0.2, 0.25) is 0 Å². The fourth-order valence-corrected chi connectivity index (χ4v) is 2.57. The molecule has 0 radical (unpaired) electrons. The Morgan fingerprint density at radius 3 is 2.41 bits per heavy atom. The average Bonchev–Trinajstić information content (AvgIpc) is 2.29. The van der Waals surface area contributed by atoms with Gasteiger partial charge in [0.15, 0.2) is 0 Å². The molecule has 0 N–H and O–H groups in total. The van der Waals surface area contributed by atoms with Crippen LogP contribution in [0.5, 0.6) is 0 Å². The first-order valence-corrected chi connectivity index (χ1v) is 6.43. The summed E-state index contributed by atoms with van der Waals surface area (Å²) in [5, 5.41) is 8.64. The summed E-state index contributed by atoms with van der Waals surface area (Å²) in [7, 11) is -2.25. The van der Waals surface area contributed by atoms with Crippen LogP contribution in [0, 0.1) is 23.1 Å². The van der Waals surface area contributed by atoms with Gasteiger partial charge in [0, 0.05) is 13.6 Å². The van der Waals surface area contributed by atoms with E-state index in [0.717, 1.165) is 16.4 Å². The van der Waals surface area contributed by atoms with Crippen molar-refractivity contribution in [2.24, 2.45) is 5.92 Å². The van der Waals surface area contributed by atoms with Gasteiger partial charge >= 0.3 is 0 Å². The first-order chi connectivity index (χ1) is 7.87. The quantitative estimate of drug-likeness (QED) is 0.822. The van der Waals surface area contributed by atoms with Gasteiger partial charge in [-0.15, -0.1) is 0 Å². The zero-order chi connectivity index (χ0) is 13.1. The van der Waals surface area contributed by atoms with Crippen molar-refractivity contribution in [2.45, 2.75) is 11.8 Å². The van der Waals surface area contributed by atoms with Gasteiger partial charge in [0.2, 0.25) is 10.0 Å². The fourth-order valence-electron chi connectivity index (χ4n) is 1.31. The Morgan fingerprint density at radius 2 is 1.94 bits per heavy atom. The molecule has 0 aliphatic rings. The van der Waals surface area contributed by atoms with Crippen LogP contribution < -0.4 is 0 Å². The smallest absolute Gasteiger partial charge is 0.207 e. The molecule has 0 unspecified atom stereocenters. The van der Waals surface area contributed by atoms with Gasteiger partial charge < -0.3 is 0 Å². The number of nitrogens with zero attached hydrogens (tertiary/aromatic N) is 2. The van der Waals surface area contributed by atoms with E-state index in [1.165, 1.54) is 19.2 Å². The van der Waals surface area contributed by atoms with Crippen molar-refractivity contribution in [1.29, 1.82) is 5.26 Å². The minimum atomic E-state index is -3.65. The monoisotopic (exact) mass is 256 g/mol. The summed E-state index contributed by atoms with van der Waals surface area (Å²) in [6.07, 6.45) is 0. The molecular weight excluding hydrogens is 243 g/mol. The first kappa shape index (κ1) is 13.6. The summed E-state index contributed by atoms with van der Waals surface area (Å²) in [4.78, 5) is 0.0199. The number of hydrogen-bond donors (Lipinski definition) is 0. The van der Waals surface area contributed by atoms with Crippen LogP contribution in [-0.2, 0) is 10.0 Å². The van der Waals surface area contributed by atoms with Crippen LogP contribution in [0.15, 0.2) is 29.2 Å². The molecule has 1 atom stereocenters. The Labute approximate surface area is 100 Å². The molecule has 0 amide bonds. The van der Waals surface area contributed by atoms with Gasteiger partial charge in [0.1, 0.15) is 5.82 Å².